The minimum absolute atomic E-state index is 0.227. The molecule has 5 rings (SSSR count). The fraction of sp³-hybridized carbons (Fsp3) is 0.286. The van der Waals surface area contributed by atoms with Gasteiger partial charge in [-0.05, 0) is 60.3 Å². The predicted molar refractivity (Wildman–Crippen MR) is 130 cm³/mol. The van der Waals surface area contributed by atoms with Crippen molar-refractivity contribution >= 4 is 12.2 Å². The van der Waals surface area contributed by atoms with Crippen LogP contribution in [0.2, 0.25) is 0 Å². The smallest absolute Gasteiger partial charge is 0.231 e. The van der Waals surface area contributed by atoms with Crippen molar-refractivity contribution in [1.29, 1.82) is 0 Å². The van der Waals surface area contributed by atoms with Crippen LogP contribution in [-0.2, 0) is 12.8 Å². The number of hydrogen-bond donors (Lipinski definition) is 0. The van der Waals surface area contributed by atoms with Crippen molar-refractivity contribution in [2.24, 2.45) is 0 Å². The lowest BCUT2D eigenvalue weighted by Crippen LogP contribution is -2.33. The lowest BCUT2D eigenvalue weighted by molar-refractivity contribution is 0.174. The number of methoxy groups -OCH3 is 2. The molecular weight excluding hydrogens is 414 g/mol. The topological polar surface area (TPSA) is 40.2 Å². The maximum atomic E-state index is 5.82. The maximum absolute atomic E-state index is 5.82. The number of likely N-dealkylation sites (N-methyl/N-ethyl adjacent to an activating group) is 1. The maximum Gasteiger partial charge on any atom is 0.231 e. The molecule has 0 N–H and O–H groups in total. The molecule has 1 atom stereocenters. The van der Waals surface area contributed by atoms with Gasteiger partial charge in [0.15, 0.2) is 23.0 Å². The van der Waals surface area contributed by atoms with E-state index in [1.165, 1.54) is 16.7 Å². The largest absolute Gasteiger partial charge is 0.493 e. The lowest BCUT2D eigenvalue weighted by atomic mass is 9.87. The predicted octanol–water partition coefficient (Wildman–Crippen LogP) is 5.37. The highest BCUT2D eigenvalue weighted by molar-refractivity contribution is 5.76. The highest BCUT2D eigenvalue weighted by Gasteiger charge is 2.29. The van der Waals surface area contributed by atoms with E-state index < -0.39 is 0 Å². The highest BCUT2D eigenvalue weighted by atomic mass is 16.7. The zero-order valence-corrected chi connectivity index (χ0v) is 19.3. The molecule has 0 spiro atoms. The SMILES string of the molecule is COc1ccc(CC2c3cc4c(cc3CCN2C)OCO4)c(C=Cc2ccccc2)c1OC. The van der Waals surface area contributed by atoms with E-state index in [1.807, 2.05) is 24.3 Å². The lowest BCUT2D eigenvalue weighted by Gasteiger charge is -2.35. The number of rotatable bonds is 6. The van der Waals surface area contributed by atoms with Gasteiger partial charge in [0.1, 0.15) is 0 Å². The number of fused-ring (bicyclic) bond motifs is 2. The van der Waals surface area contributed by atoms with Crippen LogP contribution in [0.1, 0.15) is 33.9 Å². The van der Waals surface area contributed by atoms with Crippen LogP contribution in [0.15, 0.2) is 54.6 Å². The van der Waals surface area contributed by atoms with Crippen molar-refractivity contribution in [2.75, 3.05) is 34.6 Å². The van der Waals surface area contributed by atoms with E-state index in [9.17, 15) is 0 Å². The Balaban J connectivity index is 1.55. The van der Waals surface area contributed by atoms with Crippen LogP contribution in [0.25, 0.3) is 12.2 Å². The Morgan fingerprint density at radius 1 is 0.970 bits per heavy atom. The number of benzene rings is 3. The fourth-order valence-electron chi connectivity index (χ4n) is 4.79. The summed E-state index contributed by atoms with van der Waals surface area (Å²) in [5.74, 6) is 3.18. The summed E-state index contributed by atoms with van der Waals surface area (Å²) in [6.45, 7) is 1.29. The highest BCUT2D eigenvalue weighted by Crippen LogP contribution is 2.43. The third kappa shape index (κ3) is 4.16. The quantitative estimate of drug-likeness (QED) is 0.479. The van der Waals surface area contributed by atoms with E-state index in [0.29, 0.717) is 6.79 Å². The fourth-order valence-corrected chi connectivity index (χ4v) is 4.79. The van der Waals surface area contributed by atoms with Crippen LogP contribution in [0, 0.1) is 0 Å². The second kappa shape index (κ2) is 9.20. The van der Waals surface area contributed by atoms with Crippen molar-refractivity contribution in [3.8, 4) is 23.0 Å². The average Bonchev–Trinajstić information content (AvgIpc) is 3.31. The van der Waals surface area contributed by atoms with Crippen molar-refractivity contribution in [3.63, 3.8) is 0 Å². The van der Waals surface area contributed by atoms with E-state index in [1.54, 1.807) is 14.2 Å². The Morgan fingerprint density at radius 2 is 1.76 bits per heavy atom. The van der Waals surface area contributed by atoms with Gasteiger partial charge in [-0.2, -0.15) is 0 Å². The Hall–Kier alpha value is -3.44. The first-order valence-corrected chi connectivity index (χ1v) is 11.3. The van der Waals surface area contributed by atoms with Gasteiger partial charge in [0.05, 0.1) is 14.2 Å². The van der Waals surface area contributed by atoms with Gasteiger partial charge >= 0.3 is 0 Å². The summed E-state index contributed by atoms with van der Waals surface area (Å²) in [5.41, 5.74) is 6.04. The van der Waals surface area contributed by atoms with Gasteiger partial charge < -0.3 is 18.9 Å². The molecule has 0 bridgehead atoms. The van der Waals surface area contributed by atoms with Gasteiger partial charge in [-0.15, -0.1) is 0 Å². The molecule has 5 nitrogen and oxygen atoms in total. The standard InChI is InChI=1S/C28H29NO4/c1-29-14-13-21-16-26-27(33-18-32-26)17-23(21)24(29)15-20-10-12-25(30-2)28(31-3)22(20)11-9-19-7-5-4-6-8-19/h4-12,16-17,24H,13-15,18H2,1-3H3. The molecule has 0 aromatic heterocycles. The molecule has 1 unspecified atom stereocenters. The molecular formula is C28H29NO4. The van der Waals surface area contributed by atoms with Crippen molar-refractivity contribution in [1.82, 2.24) is 4.90 Å². The van der Waals surface area contributed by atoms with Gasteiger partial charge in [0.25, 0.3) is 0 Å². The molecule has 3 aromatic carbocycles. The molecule has 0 aliphatic carbocycles. The summed E-state index contributed by atoms with van der Waals surface area (Å²) in [4.78, 5) is 2.42. The van der Waals surface area contributed by atoms with E-state index in [0.717, 1.165) is 53.5 Å². The summed E-state index contributed by atoms with van der Waals surface area (Å²) in [6, 6.07) is 19.0. The first-order chi connectivity index (χ1) is 16.2. The minimum atomic E-state index is 0.227. The van der Waals surface area contributed by atoms with Crippen LogP contribution in [0.5, 0.6) is 23.0 Å². The van der Waals surface area contributed by atoms with Gasteiger partial charge in [-0.3, -0.25) is 4.90 Å². The second-order valence-corrected chi connectivity index (χ2v) is 8.47. The molecule has 0 amide bonds. The number of hydrogen-bond acceptors (Lipinski definition) is 5. The molecule has 2 heterocycles. The second-order valence-electron chi connectivity index (χ2n) is 8.47. The van der Waals surface area contributed by atoms with Crippen molar-refractivity contribution in [2.45, 2.75) is 18.9 Å². The van der Waals surface area contributed by atoms with E-state index >= 15 is 0 Å². The normalized spacial score (nSPS) is 17.2. The summed E-state index contributed by atoms with van der Waals surface area (Å²) in [7, 11) is 5.57. The summed E-state index contributed by atoms with van der Waals surface area (Å²) >= 11 is 0. The Bertz CT molecular complexity index is 1170. The Labute approximate surface area is 195 Å². The molecule has 2 aliphatic heterocycles. The molecule has 0 saturated carbocycles. The van der Waals surface area contributed by atoms with E-state index in [4.69, 9.17) is 18.9 Å². The Kier molecular flexibility index (Phi) is 5.97. The number of ether oxygens (including phenoxy) is 4. The van der Waals surface area contributed by atoms with Crippen LogP contribution >= 0.6 is 0 Å². The van der Waals surface area contributed by atoms with Crippen LogP contribution < -0.4 is 18.9 Å². The van der Waals surface area contributed by atoms with Gasteiger partial charge in [0, 0.05) is 18.2 Å². The van der Waals surface area contributed by atoms with Crippen molar-refractivity contribution < 1.29 is 18.9 Å². The third-order valence-corrected chi connectivity index (χ3v) is 6.59. The minimum Gasteiger partial charge on any atom is -0.493 e. The molecule has 0 saturated heterocycles. The van der Waals surface area contributed by atoms with Gasteiger partial charge in [-0.1, -0.05) is 48.6 Å². The first kappa shape index (κ1) is 21.4. The van der Waals surface area contributed by atoms with Crippen molar-refractivity contribution in [3.05, 3.63) is 82.4 Å². The summed E-state index contributed by atoms with van der Waals surface area (Å²) < 4.78 is 22.7. The van der Waals surface area contributed by atoms with E-state index in [2.05, 4.69) is 54.4 Å². The molecule has 33 heavy (non-hydrogen) atoms. The van der Waals surface area contributed by atoms with Crippen LogP contribution in [0.3, 0.4) is 0 Å². The van der Waals surface area contributed by atoms with Gasteiger partial charge in [0.2, 0.25) is 6.79 Å². The van der Waals surface area contributed by atoms with E-state index in [-0.39, 0.29) is 6.04 Å². The molecule has 0 radical (unpaired) electrons. The van der Waals surface area contributed by atoms with Crippen LogP contribution in [-0.4, -0.2) is 39.5 Å². The summed E-state index contributed by atoms with van der Waals surface area (Å²) in [6.07, 6.45) is 6.11. The number of nitrogens with zero attached hydrogens (tertiary/aromatic N) is 1. The molecule has 0 fully saturated rings. The molecule has 2 aliphatic rings. The molecule has 5 heteroatoms. The zero-order valence-electron chi connectivity index (χ0n) is 19.3. The molecule has 170 valence electrons. The van der Waals surface area contributed by atoms with Crippen LogP contribution in [0.4, 0.5) is 0 Å². The van der Waals surface area contributed by atoms with Gasteiger partial charge in [-0.25, -0.2) is 0 Å². The Morgan fingerprint density at radius 3 is 2.52 bits per heavy atom. The first-order valence-electron chi connectivity index (χ1n) is 11.3. The zero-order chi connectivity index (χ0) is 22.8. The summed E-state index contributed by atoms with van der Waals surface area (Å²) in [5, 5.41) is 0. The molecule has 3 aromatic rings. The average molecular weight is 444 g/mol. The third-order valence-electron chi connectivity index (χ3n) is 6.59. The monoisotopic (exact) mass is 443 g/mol.